The van der Waals surface area contributed by atoms with E-state index in [-0.39, 0.29) is 29.3 Å². The fourth-order valence-electron chi connectivity index (χ4n) is 2.85. The van der Waals surface area contributed by atoms with Crippen LogP contribution in [0.2, 0.25) is 0 Å². The van der Waals surface area contributed by atoms with Gasteiger partial charge in [0, 0.05) is 18.0 Å². The Bertz CT molecular complexity index is 929. The van der Waals surface area contributed by atoms with E-state index in [4.69, 9.17) is 5.73 Å². The maximum absolute atomic E-state index is 13.6. The maximum atomic E-state index is 13.6. The molecule has 0 unspecified atom stereocenters. The van der Waals surface area contributed by atoms with Gasteiger partial charge in [0.15, 0.2) is 0 Å². The molecular weight excluding hydrogens is 355 g/mol. The highest BCUT2D eigenvalue weighted by molar-refractivity contribution is 5.84. The fourth-order valence-corrected chi connectivity index (χ4v) is 2.85. The van der Waals surface area contributed by atoms with Gasteiger partial charge in [-0.2, -0.15) is 13.2 Å². The molecule has 0 atom stereocenters. The van der Waals surface area contributed by atoms with Crippen molar-refractivity contribution in [1.82, 2.24) is 19.5 Å². The number of aryl methyl sites for hydroxylation is 1. The van der Waals surface area contributed by atoms with Crippen molar-refractivity contribution in [1.29, 1.82) is 0 Å². The van der Waals surface area contributed by atoms with Crippen molar-refractivity contribution >= 4 is 16.9 Å². The van der Waals surface area contributed by atoms with Gasteiger partial charge < -0.3 is 10.3 Å². The smallest absolute Gasteiger partial charge is 0.383 e. The minimum absolute atomic E-state index is 0.0514. The summed E-state index contributed by atoms with van der Waals surface area (Å²) in [6.07, 6.45) is -1.87. The van der Waals surface area contributed by atoms with Gasteiger partial charge in [0.25, 0.3) is 0 Å². The summed E-state index contributed by atoms with van der Waals surface area (Å²) in [4.78, 5) is 12.5. The van der Waals surface area contributed by atoms with Crippen LogP contribution in [0.5, 0.6) is 0 Å². The van der Waals surface area contributed by atoms with E-state index in [0.717, 1.165) is 6.20 Å². The Kier molecular flexibility index (Phi) is 6.08. The number of fused-ring (bicyclic) bond motifs is 1. The van der Waals surface area contributed by atoms with Crippen molar-refractivity contribution < 1.29 is 13.2 Å². The number of pyridine rings is 1. The van der Waals surface area contributed by atoms with Gasteiger partial charge in [0.1, 0.15) is 17.3 Å². The molecule has 0 aliphatic carbocycles. The molecule has 27 heavy (non-hydrogen) atoms. The van der Waals surface area contributed by atoms with Crippen LogP contribution < -0.4 is 5.73 Å². The van der Waals surface area contributed by atoms with E-state index in [1.807, 2.05) is 27.7 Å². The second-order valence-corrected chi connectivity index (χ2v) is 6.23. The molecule has 0 amide bonds. The minimum atomic E-state index is -4.49. The third kappa shape index (κ3) is 4.20. The standard InChI is InChI=1S/C17H18F3N5.C2H6/c1-9(2)14-13-12(17(18,19)20)8-25(16(13)24-10(3)23-14)7-11-5-4-6-22-15(11)21;1-2/h4-6,8-9H,7H2,1-3H3,(H2,21,22);1-2H3. The van der Waals surface area contributed by atoms with Gasteiger partial charge in [-0.15, -0.1) is 0 Å². The molecule has 0 fully saturated rings. The highest BCUT2D eigenvalue weighted by Gasteiger charge is 2.37. The summed E-state index contributed by atoms with van der Waals surface area (Å²) in [6, 6.07) is 3.43. The number of anilines is 1. The molecule has 2 N–H and O–H groups in total. The van der Waals surface area contributed by atoms with Gasteiger partial charge in [0.2, 0.25) is 0 Å². The SMILES string of the molecule is CC.Cc1nc(C(C)C)c2c(C(F)(F)F)cn(Cc3cccnc3N)c2n1. The van der Waals surface area contributed by atoms with Gasteiger partial charge in [-0.05, 0) is 18.9 Å². The molecule has 3 aromatic heterocycles. The number of rotatable bonds is 3. The lowest BCUT2D eigenvalue weighted by atomic mass is 10.0. The molecular formula is C19H24F3N5. The van der Waals surface area contributed by atoms with Gasteiger partial charge in [0.05, 0.1) is 23.2 Å². The molecule has 3 aromatic rings. The van der Waals surface area contributed by atoms with E-state index in [2.05, 4.69) is 15.0 Å². The first-order chi connectivity index (χ1) is 12.7. The summed E-state index contributed by atoms with van der Waals surface area (Å²) in [6.45, 7) is 9.46. The minimum Gasteiger partial charge on any atom is -0.383 e. The molecule has 0 saturated carbocycles. The molecule has 0 aliphatic rings. The monoisotopic (exact) mass is 379 g/mol. The first-order valence-corrected chi connectivity index (χ1v) is 8.82. The zero-order chi connectivity index (χ0) is 20.4. The number of nitrogens with two attached hydrogens (primary N) is 1. The van der Waals surface area contributed by atoms with Gasteiger partial charge in [-0.25, -0.2) is 15.0 Å². The summed E-state index contributed by atoms with van der Waals surface area (Å²) < 4.78 is 42.2. The lowest BCUT2D eigenvalue weighted by molar-refractivity contribution is -0.136. The van der Waals surface area contributed by atoms with Crippen LogP contribution in [0, 0.1) is 6.92 Å². The average Bonchev–Trinajstić information content (AvgIpc) is 2.96. The predicted molar refractivity (Wildman–Crippen MR) is 100 cm³/mol. The summed E-state index contributed by atoms with van der Waals surface area (Å²) >= 11 is 0. The number of alkyl halides is 3. The molecule has 0 saturated heterocycles. The van der Waals surface area contributed by atoms with Gasteiger partial charge in [-0.3, -0.25) is 0 Å². The van der Waals surface area contributed by atoms with Crippen LogP contribution in [0.1, 0.15) is 56.3 Å². The van der Waals surface area contributed by atoms with Crippen molar-refractivity contribution in [3.05, 3.63) is 47.2 Å². The molecule has 3 heterocycles. The third-order valence-electron chi connectivity index (χ3n) is 3.98. The maximum Gasteiger partial charge on any atom is 0.418 e. The topological polar surface area (TPSA) is 69.6 Å². The Morgan fingerprint density at radius 2 is 1.85 bits per heavy atom. The van der Waals surface area contributed by atoms with Crippen molar-refractivity contribution in [3.8, 4) is 0 Å². The Balaban J connectivity index is 0.00000126. The Labute approximate surface area is 156 Å². The van der Waals surface area contributed by atoms with Crippen molar-refractivity contribution in [2.45, 2.75) is 53.3 Å². The second kappa shape index (κ2) is 7.94. The largest absolute Gasteiger partial charge is 0.418 e. The van der Waals surface area contributed by atoms with Gasteiger partial charge in [-0.1, -0.05) is 33.8 Å². The lowest BCUT2D eigenvalue weighted by Gasteiger charge is -2.11. The highest BCUT2D eigenvalue weighted by Crippen LogP contribution is 2.38. The molecule has 3 rings (SSSR count). The number of nitrogen functional groups attached to an aromatic ring is 1. The first kappa shape index (κ1) is 20.7. The van der Waals surface area contributed by atoms with E-state index in [1.54, 1.807) is 19.1 Å². The van der Waals surface area contributed by atoms with Crippen LogP contribution in [0.3, 0.4) is 0 Å². The van der Waals surface area contributed by atoms with Crippen LogP contribution in [0.4, 0.5) is 19.0 Å². The summed E-state index contributed by atoms with van der Waals surface area (Å²) in [5.41, 5.74) is 6.39. The lowest BCUT2D eigenvalue weighted by Crippen LogP contribution is -2.07. The normalized spacial score (nSPS) is 11.6. The van der Waals surface area contributed by atoms with E-state index < -0.39 is 11.7 Å². The number of nitrogens with zero attached hydrogens (tertiary/aromatic N) is 4. The van der Waals surface area contributed by atoms with Crippen molar-refractivity contribution in [2.75, 3.05) is 5.73 Å². The fraction of sp³-hybridized carbons (Fsp3) is 0.421. The highest BCUT2D eigenvalue weighted by atomic mass is 19.4. The Hall–Kier alpha value is -2.64. The van der Waals surface area contributed by atoms with Crippen LogP contribution in [0.25, 0.3) is 11.0 Å². The first-order valence-electron chi connectivity index (χ1n) is 8.82. The molecule has 146 valence electrons. The van der Waals surface area contributed by atoms with Crippen LogP contribution in [-0.2, 0) is 12.7 Å². The quantitative estimate of drug-likeness (QED) is 0.700. The molecule has 0 aliphatic heterocycles. The summed E-state index contributed by atoms with van der Waals surface area (Å²) in [7, 11) is 0. The zero-order valence-corrected chi connectivity index (χ0v) is 16.1. The average molecular weight is 379 g/mol. The Morgan fingerprint density at radius 1 is 1.19 bits per heavy atom. The van der Waals surface area contributed by atoms with E-state index in [0.29, 0.717) is 17.1 Å². The number of hydrogen-bond acceptors (Lipinski definition) is 4. The molecule has 5 nitrogen and oxygen atoms in total. The third-order valence-corrected chi connectivity index (χ3v) is 3.98. The number of halogens is 3. The second-order valence-electron chi connectivity index (χ2n) is 6.23. The molecule has 8 heteroatoms. The van der Waals surface area contributed by atoms with E-state index >= 15 is 0 Å². The van der Waals surface area contributed by atoms with Crippen LogP contribution in [0.15, 0.2) is 24.5 Å². The molecule has 0 bridgehead atoms. The van der Waals surface area contributed by atoms with Crippen molar-refractivity contribution in [3.63, 3.8) is 0 Å². The molecule has 0 spiro atoms. The molecule has 0 radical (unpaired) electrons. The van der Waals surface area contributed by atoms with Crippen molar-refractivity contribution in [2.24, 2.45) is 0 Å². The Morgan fingerprint density at radius 3 is 2.41 bits per heavy atom. The number of aromatic nitrogens is 4. The predicted octanol–water partition coefficient (Wildman–Crippen LogP) is 4.93. The van der Waals surface area contributed by atoms with E-state index in [1.165, 1.54) is 10.8 Å². The van der Waals surface area contributed by atoms with Crippen LogP contribution >= 0.6 is 0 Å². The van der Waals surface area contributed by atoms with E-state index in [9.17, 15) is 13.2 Å². The number of hydrogen-bond donors (Lipinski definition) is 1. The summed E-state index contributed by atoms with van der Waals surface area (Å²) in [5.74, 6) is 0.556. The van der Waals surface area contributed by atoms with Crippen LogP contribution in [-0.4, -0.2) is 19.5 Å². The summed E-state index contributed by atoms with van der Waals surface area (Å²) in [5, 5.41) is 0.0514. The zero-order valence-electron chi connectivity index (χ0n) is 16.1. The van der Waals surface area contributed by atoms with Gasteiger partial charge >= 0.3 is 6.18 Å². The molecule has 0 aromatic carbocycles.